The van der Waals surface area contributed by atoms with E-state index < -0.39 is 6.09 Å². The fourth-order valence-corrected chi connectivity index (χ4v) is 5.43. The molecule has 3 N–H and O–H groups in total. The summed E-state index contributed by atoms with van der Waals surface area (Å²) in [7, 11) is 0. The van der Waals surface area contributed by atoms with Gasteiger partial charge >= 0.3 is 6.09 Å². The van der Waals surface area contributed by atoms with Crippen LogP contribution < -0.4 is 15.5 Å². The number of morpholine rings is 1. The molecule has 0 spiro atoms. The molecule has 182 valence electrons. The predicted octanol–water partition coefficient (Wildman–Crippen LogP) is 4.67. The SMILES string of the molecule is O=C(O)Nc1ccc(-c2cccs2)cc1NC(=O)c1ccc(N2CCC(N3CCOCC3)C2)cc1. The molecule has 8 nitrogen and oxygen atoms in total. The highest BCUT2D eigenvalue weighted by Gasteiger charge is 2.28. The second-order valence-electron chi connectivity index (χ2n) is 8.71. The summed E-state index contributed by atoms with van der Waals surface area (Å²) in [6.07, 6.45) is -0.0583. The molecule has 1 aromatic heterocycles. The third-order valence-electron chi connectivity index (χ3n) is 6.54. The van der Waals surface area contributed by atoms with Crippen LogP contribution >= 0.6 is 11.3 Å². The van der Waals surface area contributed by atoms with E-state index in [0.29, 0.717) is 23.0 Å². The third-order valence-corrected chi connectivity index (χ3v) is 7.45. The summed E-state index contributed by atoms with van der Waals surface area (Å²) in [4.78, 5) is 30.2. The van der Waals surface area contributed by atoms with E-state index in [9.17, 15) is 14.7 Å². The molecule has 0 bridgehead atoms. The predicted molar refractivity (Wildman–Crippen MR) is 139 cm³/mol. The Balaban J connectivity index is 1.28. The molecular formula is C26H28N4O4S. The molecule has 0 radical (unpaired) electrons. The smallest absolute Gasteiger partial charge is 0.409 e. The number of carboxylic acid groups (broad SMARTS) is 1. The highest BCUT2D eigenvalue weighted by Crippen LogP contribution is 2.32. The maximum absolute atomic E-state index is 13.0. The van der Waals surface area contributed by atoms with Crippen LogP contribution in [0.25, 0.3) is 10.4 Å². The van der Waals surface area contributed by atoms with Crippen LogP contribution in [0.4, 0.5) is 21.9 Å². The first-order valence-corrected chi connectivity index (χ1v) is 12.6. The molecule has 0 saturated carbocycles. The molecule has 2 aliphatic heterocycles. The van der Waals surface area contributed by atoms with E-state index in [4.69, 9.17) is 4.74 Å². The standard InChI is InChI=1S/C26H28N4O4S/c31-25(27-23-16-19(24-2-1-15-35-24)5-8-22(23)28-26(32)33)18-3-6-20(7-4-18)30-10-9-21(17-30)29-11-13-34-14-12-29/h1-8,15-16,21,28H,9-14,17H2,(H,27,31)(H,32,33). The zero-order chi connectivity index (χ0) is 24.2. The van der Waals surface area contributed by atoms with Crippen LogP contribution in [-0.4, -0.2) is 67.4 Å². The van der Waals surface area contributed by atoms with Gasteiger partial charge in [0.05, 0.1) is 24.6 Å². The van der Waals surface area contributed by atoms with Crippen molar-refractivity contribution in [3.05, 3.63) is 65.5 Å². The van der Waals surface area contributed by atoms with E-state index in [-0.39, 0.29) is 5.91 Å². The van der Waals surface area contributed by atoms with Crippen molar-refractivity contribution in [3.63, 3.8) is 0 Å². The first-order chi connectivity index (χ1) is 17.1. The Morgan fingerprint density at radius 1 is 0.971 bits per heavy atom. The lowest BCUT2D eigenvalue weighted by Crippen LogP contribution is -2.44. The lowest BCUT2D eigenvalue weighted by molar-refractivity contribution is 0.0209. The zero-order valence-corrected chi connectivity index (χ0v) is 20.1. The Kier molecular flexibility index (Phi) is 6.98. The van der Waals surface area contributed by atoms with Crippen LogP contribution in [0.15, 0.2) is 60.0 Å². The van der Waals surface area contributed by atoms with Gasteiger partial charge in [0.15, 0.2) is 0 Å². The van der Waals surface area contributed by atoms with Crippen molar-refractivity contribution in [2.24, 2.45) is 0 Å². The fraction of sp³-hybridized carbons (Fsp3) is 0.308. The van der Waals surface area contributed by atoms with Crippen LogP contribution in [0, 0.1) is 0 Å². The van der Waals surface area contributed by atoms with E-state index in [1.807, 2.05) is 47.8 Å². The topological polar surface area (TPSA) is 94.1 Å². The second kappa shape index (κ2) is 10.5. The van der Waals surface area contributed by atoms with Crippen molar-refractivity contribution in [1.29, 1.82) is 0 Å². The largest absolute Gasteiger partial charge is 0.465 e. The Labute approximate surface area is 208 Å². The van der Waals surface area contributed by atoms with Gasteiger partial charge in [-0.25, -0.2) is 4.79 Å². The number of benzene rings is 2. The number of carbonyl (C=O) groups is 2. The Morgan fingerprint density at radius 2 is 1.77 bits per heavy atom. The van der Waals surface area contributed by atoms with Crippen molar-refractivity contribution in [2.45, 2.75) is 12.5 Å². The Morgan fingerprint density at radius 3 is 2.49 bits per heavy atom. The summed E-state index contributed by atoms with van der Waals surface area (Å²) < 4.78 is 5.47. The summed E-state index contributed by atoms with van der Waals surface area (Å²) in [5.74, 6) is -0.291. The normalized spacial score (nSPS) is 18.4. The number of anilines is 3. The maximum atomic E-state index is 13.0. The summed E-state index contributed by atoms with van der Waals surface area (Å²) in [5, 5.41) is 16.4. The van der Waals surface area contributed by atoms with Gasteiger partial charge < -0.3 is 20.1 Å². The number of hydrogen-bond donors (Lipinski definition) is 3. The minimum Gasteiger partial charge on any atom is -0.465 e. The molecule has 3 aromatic rings. The summed E-state index contributed by atoms with van der Waals surface area (Å²) >= 11 is 1.58. The maximum Gasteiger partial charge on any atom is 0.409 e. The van der Waals surface area contributed by atoms with Crippen LogP contribution in [-0.2, 0) is 4.74 Å². The number of amides is 2. The molecule has 35 heavy (non-hydrogen) atoms. The lowest BCUT2D eigenvalue weighted by Gasteiger charge is -2.32. The lowest BCUT2D eigenvalue weighted by atomic mass is 10.1. The fourth-order valence-electron chi connectivity index (χ4n) is 4.70. The average Bonchev–Trinajstić information content (AvgIpc) is 3.58. The van der Waals surface area contributed by atoms with Gasteiger partial charge in [-0.3, -0.25) is 15.0 Å². The third kappa shape index (κ3) is 5.48. The number of carbonyl (C=O) groups excluding carboxylic acids is 1. The first-order valence-electron chi connectivity index (χ1n) is 11.7. The monoisotopic (exact) mass is 492 g/mol. The molecular weight excluding hydrogens is 464 g/mol. The number of rotatable bonds is 6. The van der Waals surface area contributed by atoms with Gasteiger partial charge in [0.2, 0.25) is 0 Å². The summed E-state index contributed by atoms with van der Waals surface area (Å²) in [5.41, 5.74) is 3.27. The Hall–Kier alpha value is -3.40. The zero-order valence-electron chi connectivity index (χ0n) is 19.3. The highest BCUT2D eigenvalue weighted by atomic mass is 32.1. The molecule has 1 unspecified atom stereocenters. The molecule has 2 amide bonds. The average molecular weight is 493 g/mol. The minimum absolute atomic E-state index is 0.291. The van der Waals surface area contributed by atoms with Gasteiger partial charge in [-0.15, -0.1) is 11.3 Å². The number of nitrogens with zero attached hydrogens (tertiary/aromatic N) is 2. The van der Waals surface area contributed by atoms with Crippen LogP contribution in [0.5, 0.6) is 0 Å². The van der Waals surface area contributed by atoms with Gasteiger partial charge in [-0.2, -0.15) is 0 Å². The van der Waals surface area contributed by atoms with Crippen molar-refractivity contribution in [1.82, 2.24) is 4.90 Å². The first kappa shape index (κ1) is 23.3. The van der Waals surface area contributed by atoms with Crippen molar-refractivity contribution in [2.75, 3.05) is 54.9 Å². The molecule has 5 rings (SSSR count). The number of hydrogen-bond acceptors (Lipinski definition) is 6. The van der Waals surface area contributed by atoms with Gasteiger partial charge in [-0.05, 0) is 59.8 Å². The summed E-state index contributed by atoms with van der Waals surface area (Å²) in [6, 6.07) is 17.4. The quantitative estimate of drug-likeness (QED) is 0.463. The van der Waals surface area contributed by atoms with Crippen LogP contribution in [0.1, 0.15) is 16.8 Å². The molecule has 2 aliphatic rings. The number of ether oxygens (including phenoxy) is 1. The van der Waals surface area contributed by atoms with Gasteiger partial charge in [-0.1, -0.05) is 12.1 Å². The van der Waals surface area contributed by atoms with E-state index in [1.54, 1.807) is 23.5 Å². The highest BCUT2D eigenvalue weighted by molar-refractivity contribution is 7.13. The molecule has 9 heteroatoms. The molecule has 0 aliphatic carbocycles. The van der Waals surface area contributed by atoms with Gasteiger partial charge in [0, 0.05) is 48.3 Å². The van der Waals surface area contributed by atoms with Crippen molar-refractivity contribution in [3.8, 4) is 10.4 Å². The number of nitrogens with one attached hydrogen (secondary N) is 2. The van der Waals surface area contributed by atoms with Crippen LogP contribution in [0.2, 0.25) is 0 Å². The van der Waals surface area contributed by atoms with Crippen molar-refractivity contribution >= 4 is 40.4 Å². The van der Waals surface area contributed by atoms with E-state index in [1.165, 1.54) is 0 Å². The summed E-state index contributed by atoms with van der Waals surface area (Å²) in [6.45, 7) is 5.56. The molecule has 3 heterocycles. The molecule has 2 aromatic carbocycles. The van der Waals surface area contributed by atoms with E-state index in [0.717, 1.165) is 61.9 Å². The minimum atomic E-state index is -1.19. The van der Waals surface area contributed by atoms with E-state index >= 15 is 0 Å². The second-order valence-corrected chi connectivity index (χ2v) is 9.65. The Bertz CT molecular complexity index is 1180. The molecule has 2 fully saturated rings. The van der Waals surface area contributed by atoms with Gasteiger partial charge in [0.25, 0.3) is 5.91 Å². The van der Waals surface area contributed by atoms with Gasteiger partial charge in [0.1, 0.15) is 0 Å². The molecule has 1 atom stereocenters. The van der Waals surface area contributed by atoms with Crippen LogP contribution in [0.3, 0.4) is 0 Å². The molecule has 2 saturated heterocycles. The van der Waals surface area contributed by atoms with E-state index in [2.05, 4.69) is 20.4 Å². The van der Waals surface area contributed by atoms with Crippen molar-refractivity contribution < 1.29 is 19.4 Å². The number of thiophene rings is 1.